The first-order valence-electron chi connectivity index (χ1n) is 9.91. The predicted octanol–water partition coefficient (Wildman–Crippen LogP) is 3.29. The molecule has 0 atom stereocenters. The van der Waals surface area contributed by atoms with Gasteiger partial charge < -0.3 is 9.64 Å². The fourth-order valence-corrected chi connectivity index (χ4v) is 4.93. The van der Waals surface area contributed by atoms with E-state index in [1.807, 2.05) is 4.90 Å². The van der Waals surface area contributed by atoms with Crippen molar-refractivity contribution in [3.05, 3.63) is 34.2 Å². The van der Waals surface area contributed by atoms with Crippen LogP contribution in [0.1, 0.15) is 49.7 Å². The third kappa shape index (κ3) is 5.99. The summed E-state index contributed by atoms with van der Waals surface area (Å²) in [6, 6.07) is 4.52. The van der Waals surface area contributed by atoms with Crippen LogP contribution in [0.2, 0.25) is 0 Å². The van der Waals surface area contributed by atoms with Crippen LogP contribution in [0.3, 0.4) is 0 Å². The second-order valence-electron chi connectivity index (χ2n) is 7.29. The van der Waals surface area contributed by atoms with Crippen molar-refractivity contribution in [3.8, 4) is 5.75 Å². The number of amides is 1. The number of fused-ring (bicyclic) bond motifs is 1. The number of rotatable bonds is 8. The lowest BCUT2D eigenvalue weighted by molar-refractivity contribution is -0.130. The normalized spacial score (nSPS) is 17.7. The minimum atomic E-state index is -3.62. The molecule has 9 heteroatoms. The summed E-state index contributed by atoms with van der Waals surface area (Å²) in [7, 11) is -3.62. The maximum Gasteiger partial charge on any atom is 0.387 e. The number of sulfonamides is 1. The molecular weight excluding hydrogens is 402 g/mol. The lowest BCUT2D eigenvalue weighted by Gasteiger charge is -2.21. The number of hydrogen-bond donors (Lipinski definition) is 1. The Morgan fingerprint density at radius 3 is 2.76 bits per heavy atom. The zero-order valence-corrected chi connectivity index (χ0v) is 17.0. The van der Waals surface area contributed by atoms with Crippen LogP contribution >= 0.6 is 0 Å². The average molecular weight is 429 g/mol. The average Bonchev–Trinajstić information content (AvgIpc) is 2.88. The SMILES string of the molecule is O=C1CCCCCN1CCCNS(=O)(=O)C1=Cc2ccc(OC(F)F)cc2CC1. The Balaban J connectivity index is 1.55. The third-order valence-electron chi connectivity index (χ3n) is 5.21. The number of halogens is 2. The number of nitrogens with one attached hydrogen (secondary N) is 1. The second-order valence-corrected chi connectivity index (χ2v) is 9.11. The molecule has 1 heterocycles. The largest absolute Gasteiger partial charge is 0.435 e. The van der Waals surface area contributed by atoms with Crippen LogP contribution in [0.5, 0.6) is 5.75 Å². The molecular formula is C20H26F2N2O4S. The Morgan fingerprint density at radius 2 is 1.97 bits per heavy atom. The number of aryl methyl sites for hydroxylation is 1. The molecule has 1 fully saturated rings. The molecule has 1 aliphatic heterocycles. The Kier molecular flexibility index (Phi) is 7.23. The van der Waals surface area contributed by atoms with Crippen molar-refractivity contribution >= 4 is 22.0 Å². The fourth-order valence-electron chi connectivity index (χ4n) is 3.68. The summed E-state index contributed by atoms with van der Waals surface area (Å²) in [5, 5.41) is 0. The topological polar surface area (TPSA) is 75.7 Å². The Hall–Kier alpha value is -2.00. The van der Waals surface area contributed by atoms with Crippen molar-refractivity contribution in [3.63, 3.8) is 0 Å². The van der Waals surface area contributed by atoms with Crippen molar-refractivity contribution in [1.29, 1.82) is 0 Å². The van der Waals surface area contributed by atoms with Gasteiger partial charge in [0.25, 0.3) is 0 Å². The Bertz CT molecular complexity index is 871. The maximum atomic E-state index is 12.6. The number of carbonyl (C=O) groups excluding carboxylic acids is 1. The van der Waals surface area contributed by atoms with Gasteiger partial charge >= 0.3 is 6.61 Å². The van der Waals surface area contributed by atoms with Gasteiger partial charge in [-0.05, 0) is 61.4 Å². The van der Waals surface area contributed by atoms with Crippen LogP contribution in [0, 0.1) is 0 Å². The van der Waals surface area contributed by atoms with Gasteiger partial charge in [0.05, 0.1) is 4.91 Å². The summed E-state index contributed by atoms with van der Waals surface area (Å²) in [6.07, 6.45) is 6.41. The number of hydrogen-bond acceptors (Lipinski definition) is 4. The summed E-state index contributed by atoms with van der Waals surface area (Å²) in [4.78, 5) is 14.1. The van der Waals surface area contributed by atoms with Gasteiger partial charge in [-0.25, -0.2) is 13.1 Å². The maximum absolute atomic E-state index is 12.6. The quantitative estimate of drug-likeness (QED) is 0.645. The van der Waals surface area contributed by atoms with Crippen molar-refractivity contribution in [2.75, 3.05) is 19.6 Å². The van der Waals surface area contributed by atoms with Crippen LogP contribution in [0.15, 0.2) is 23.1 Å². The van der Waals surface area contributed by atoms with Crippen LogP contribution < -0.4 is 9.46 Å². The fraction of sp³-hybridized carbons (Fsp3) is 0.550. The van der Waals surface area contributed by atoms with E-state index < -0.39 is 16.6 Å². The minimum Gasteiger partial charge on any atom is -0.435 e. The number of carbonyl (C=O) groups is 1. The molecule has 0 spiro atoms. The van der Waals surface area contributed by atoms with Gasteiger partial charge in [-0.2, -0.15) is 8.78 Å². The predicted molar refractivity (Wildman–Crippen MR) is 106 cm³/mol. The molecule has 0 bridgehead atoms. The van der Waals surface area contributed by atoms with Crippen molar-refractivity contribution in [2.24, 2.45) is 0 Å². The highest BCUT2D eigenvalue weighted by molar-refractivity contribution is 7.93. The Morgan fingerprint density at radius 1 is 1.14 bits per heavy atom. The lowest BCUT2D eigenvalue weighted by atomic mass is 9.97. The molecule has 1 aliphatic carbocycles. The number of allylic oxidation sites excluding steroid dienone is 1. The van der Waals surface area contributed by atoms with Crippen LogP contribution in [-0.2, 0) is 21.2 Å². The molecule has 0 aromatic heterocycles. The summed E-state index contributed by atoms with van der Waals surface area (Å²) in [5.74, 6) is 0.215. The monoisotopic (exact) mass is 428 g/mol. The van der Waals surface area contributed by atoms with Crippen molar-refractivity contribution in [1.82, 2.24) is 9.62 Å². The smallest absolute Gasteiger partial charge is 0.387 e. The second kappa shape index (κ2) is 9.67. The van der Waals surface area contributed by atoms with Gasteiger partial charge in [0.2, 0.25) is 15.9 Å². The third-order valence-corrected chi connectivity index (χ3v) is 6.81. The van der Waals surface area contributed by atoms with E-state index in [0.29, 0.717) is 37.8 Å². The van der Waals surface area contributed by atoms with E-state index in [-0.39, 0.29) is 23.1 Å². The van der Waals surface area contributed by atoms with E-state index in [1.54, 1.807) is 12.1 Å². The van der Waals surface area contributed by atoms with E-state index in [9.17, 15) is 22.0 Å². The summed E-state index contributed by atoms with van der Waals surface area (Å²) < 4.78 is 56.9. The molecule has 1 aromatic rings. The summed E-state index contributed by atoms with van der Waals surface area (Å²) >= 11 is 0. The number of benzene rings is 1. The molecule has 1 saturated heterocycles. The van der Waals surface area contributed by atoms with Crippen LogP contribution in [-0.4, -0.2) is 45.5 Å². The molecule has 29 heavy (non-hydrogen) atoms. The number of nitrogens with zero attached hydrogens (tertiary/aromatic N) is 1. The zero-order chi connectivity index (χ0) is 20.9. The highest BCUT2D eigenvalue weighted by atomic mass is 32.2. The summed E-state index contributed by atoms with van der Waals surface area (Å²) in [6.45, 7) is -1.34. The lowest BCUT2D eigenvalue weighted by Crippen LogP contribution is -2.34. The first kappa shape index (κ1) is 21.7. The molecule has 1 N–H and O–H groups in total. The number of ether oxygens (including phenoxy) is 1. The molecule has 0 saturated carbocycles. The number of alkyl halides is 2. The number of likely N-dealkylation sites (tertiary alicyclic amines) is 1. The van der Waals surface area contributed by atoms with Gasteiger partial charge in [-0.1, -0.05) is 12.5 Å². The molecule has 2 aliphatic rings. The van der Waals surface area contributed by atoms with Crippen LogP contribution in [0.4, 0.5) is 8.78 Å². The van der Waals surface area contributed by atoms with E-state index in [1.165, 1.54) is 12.1 Å². The Labute approximate surface area is 170 Å². The molecule has 0 radical (unpaired) electrons. The minimum absolute atomic E-state index is 0.0691. The molecule has 160 valence electrons. The molecule has 1 aromatic carbocycles. The van der Waals surface area contributed by atoms with E-state index in [2.05, 4.69) is 9.46 Å². The summed E-state index contributed by atoms with van der Waals surface area (Å²) in [5.41, 5.74) is 1.47. The van der Waals surface area contributed by atoms with Gasteiger partial charge in [0.15, 0.2) is 0 Å². The molecule has 1 amide bonds. The van der Waals surface area contributed by atoms with Gasteiger partial charge in [0, 0.05) is 26.1 Å². The van der Waals surface area contributed by atoms with E-state index >= 15 is 0 Å². The van der Waals surface area contributed by atoms with Gasteiger partial charge in [-0.3, -0.25) is 4.79 Å². The highest BCUT2D eigenvalue weighted by Crippen LogP contribution is 2.30. The molecule has 6 nitrogen and oxygen atoms in total. The first-order valence-corrected chi connectivity index (χ1v) is 11.4. The van der Waals surface area contributed by atoms with Crippen molar-refractivity contribution in [2.45, 2.75) is 51.6 Å². The van der Waals surface area contributed by atoms with Crippen LogP contribution in [0.25, 0.3) is 6.08 Å². The molecule has 0 unspecified atom stereocenters. The van der Waals surface area contributed by atoms with E-state index in [0.717, 1.165) is 31.4 Å². The zero-order valence-electron chi connectivity index (χ0n) is 16.2. The highest BCUT2D eigenvalue weighted by Gasteiger charge is 2.22. The van der Waals surface area contributed by atoms with Gasteiger partial charge in [0.1, 0.15) is 5.75 Å². The first-order chi connectivity index (χ1) is 13.8. The molecule has 3 rings (SSSR count). The van der Waals surface area contributed by atoms with Gasteiger partial charge in [-0.15, -0.1) is 0 Å². The van der Waals surface area contributed by atoms with Crippen molar-refractivity contribution < 1.29 is 26.7 Å². The standard InChI is InChI=1S/C20H26F2N2O4S/c21-20(22)28-17-8-6-16-14-18(9-7-15(16)13-17)29(26,27)23-10-4-12-24-11-3-1-2-5-19(24)25/h6,8,13-14,20,23H,1-5,7,9-12H2. The van der Waals surface area contributed by atoms with E-state index in [4.69, 9.17) is 0 Å².